The van der Waals surface area contributed by atoms with Gasteiger partial charge in [-0.15, -0.1) is 0 Å². The highest BCUT2D eigenvalue weighted by molar-refractivity contribution is 7.22. The molecule has 1 fully saturated rings. The highest BCUT2D eigenvalue weighted by Crippen LogP contribution is 2.34. The Hall–Kier alpha value is -2.73. The van der Waals surface area contributed by atoms with Gasteiger partial charge in [-0.05, 0) is 43.5 Å². The Morgan fingerprint density at radius 2 is 2.00 bits per heavy atom. The molecule has 0 saturated carbocycles. The van der Waals surface area contributed by atoms with Gasteiger partial charge in [0.1, 0.15) is 0 Å². The van der Waals surface area contributed by atoms with Gasteiger partial charge in [0, 0.05) is 19.5 Å². The fourth-order valence-electron chi connectivity index (χ4n) is 3.95. The van der Waals surface area contributed by atoms with Crippen molar-refractivity contribution in [3.05, 3.63) is 59.2 Å². The summed E-state index contributed by atoms with van der Waals surface area (Å²) in [6.45, 7) is 7.67. The van der Waals surface area contributed by atoms with Gasteiger partial charge in [-0.25, -0.2) is 4.98 Å². The average molecular weight is 408 g/mol. The molecule has 5 nitrogen and oxygen atoms in total. The van der Waals surface area contributed by atoms with Gasteiger partial charge in [0.05, 0.1) is 22.7 Å². The van der Waals surface area contributed by atoms with Crippen LogP contribution in [0.25, 0.3) is 10.2 Å². The Kier molecular flexibility index (Phi) is 5.37. The van der Waals surface area contributed by atoms with Crippen molar-refractivity contribution in [3.63, 3.8) is 0 Å². The van der Waals surface area contributed by atoms with Gasteiger partial charge in [-0.3, -0.25) is 14.5 Å². The number of rotatable bonds is 5. The molecule has 3 aromatic rings. The van der Waals surface area contributed by atoms with E-state index in [1.165, 1.54) is 5.56 Å². The van der Waals surface area contributed by atoms with Crippen LogP contribution in [0, 0.1) is 19.8 Å². The van der Waals surface area contributed by atoms with E-state index in [4.69, 9.17) is 4.98 Å². The molecule has 150 valence electrons. The molecule has 0 bridgehead atoms. The van der Waals surface area contributed by atoms with E-state index in [0.29, 0.717) is 24.8 Å². The quantitative estimate of drug-likeness (QED) is 0.633. The van der Waals surface area contributed by atoms with Crippen LogP contribution in [0.1, 0.15) is 30.0 Å². The summed E-state index contributed by atoms with van der Waals surface area (Å²) in [5.74, 6) is -0.283. The van der Waals surface area contributed by atoms with E-state index in [9.17, 15) is 9.59 Å². The topological polar surface area (TPSA) is 53.5 Å². The van der Waals surface area contributed by atoms with Crippen molar-refractivity contribution in [3.8, 4) is 0 Å². The largest absolute Gasteiger partial charge is 0.342 e. The van der Waals surface area contributed by atoms with Crippen molar-refractivity contribution in [1.82, 2.24) is 9.88 Å². The molecule has 6 heteroatoms. The first-order valence-corrected chi connectivity index (χ1v) is 10.8. The Bertz CT molecular complexity index is 1060. The van der Waals surface area contributed by atoms with Crippen LogP contribution in [0.3, 0.4) is 0 Å². The smallest absolute Gasteiger partial charge is 0.234 e. The molecule has 2 aromatic carbocycles. The SMILES string of the molecule is CCN1CC(C(=O)N(Cc2ccccc2)c2nc3cc(C)cc(C)c3s2)CC1=O. The van der Waals surface area contributed by atoms with Gasteiger partial charge in [0.15, 0.2) is 5.13 Å². The zero-order chi connectivity index (χ0) is 20.5. The summed E-state index contributed by atoms with van der Waals surface area (Å²) in [6, 6.07) is 14.1. The number of carbonyl (C=O) groups is 2. The van der Waals surface area contributed by atoms with E-state index < -0.39 is 0 Å². The first-order chi connectivity index (χ1) is 14.0. The fourth-order valence-corrected chi connectivity index (χ4v) is 4.97. The van der Waals surface area contributed by atoms with Crippen LogP contribution in [-0.2, 0) is 16.1 Å². The van der Waals surface area contributed by atoms with Gasteiger partial charge in [0.25, 0.3) is 0 Å². The second kappa shape index (κ2) is 7.95. The minimum atomic E-state index is -0.319. The van der Waals surface area contributed by atoms with Crippen molar-refractivity contribution in [2.45, 2.75) is 33.7 Å². The number of fused-ring (bicyclic) bond motifs is 1. The van der Waals surface area contributed by atoms with Crippen LogP contribution in [0.2, 0.25) is 0 Å². The predicted molar refractivity (Wildman–Crippen MR) is 117 cm³/mol. The number of anilines is 1. The molecule has 1 atom stereocenters. The fraction of sp³-hybridized carbons (Fsp3) is 0.348. The van der Waals surface area contributed by atoms with Gasteiger partial charge in [0.2, 0.25) is 11.8 Å². The summed E-state index contributed by atoms with van der Waals surface area (Å²) in [5, 5.41) is 0.699. The number of amides is 2. The zero-order valence-corrected chi connectivity index (χ0v) is 17.8. The maximum atomic E-state index is 13.5. The molecular weight excluding hydrogens is 382 g/mol. The van der Waals surface area contributed by atoms with E-state index in [0.717, 1.165) is 21.3 Å². The molecule has 0 aliphatic carbocycles. The highest BCUT2D eigenvalue weighted by Gasteiger charge is 2.37. The second-order valence-corrected chi connectivity index (χ2v) is 8.65. The average Bonchev–Trinajstić information content (AvgIpc) is 3.29. The number of aryl methyl sites for hydroxylation is 2. The second-order valence-electron chi connectivity index (χ2n) is 7.67. The molecule has 1 aromatic heterocycles. The summed E-state index contributed by atoms with van der Waals surface area (Å²) in [7, 11) is 0. The van der Waals surface area contributed by atoms with Gasteiger partial charge >= 0.3 is 0 Å². The normalized spacial score (nSPS) is 16.6. The van der Waals surface area contributed by atoms with Crippen molar-refractivity contribution in [2.75, 3.05) is 18.0 Å². The molecular formula is C23H25N3O2S. The number of likely N-dealkylation sites (tertiary alicyclic amines) is 1. The Balaban J connectivity index is 1.72. The molecule has 4 rings (SSSR count). The Morgan fingerprint density at radius 1 is 1.24 bits per heavy atom. The van der Waals surface area contributed by atoms with E-state index in [-0.39, 0.29) is 24.2 Å². The van der Waals surface area contributed by atoms with Crippen LogP contribution < -0.4 is 4.90 Å². The van der Waals surface area contributed by atoms with Crippen LogP contribution >= 0.6 is 11.3 Å². The lowest BCUT2D eigenvalue weighted by molar-refractivity contribution is -0.128. The number of carbonyl (C=O) groups excluding carboxylic acids is 2. The van der Waals surface area contributed by atoms with Crippen molar-refractivity contribution < 1.29 is 9.59 Å². The number of thiazole rings is 1. The molecule has 29 heavy (non-hydrogen) atoms. The van der Waals surface area contributed by atoms with Crippen LogP contribution in [-0.4, -0.2) is 34.8 Å². The minimum absolute atomic E-state index is 0.0217. The maximum Gasteiger partial charge on any atom is 0.234 e. The molecule has 1 saturated heterocycles. The lowest BCUT2D eigenvalue weighted by Crippen LogP contribution is -2.37. The first-order valence-electron chi connectivity index (χ1n) is 9.97. The summed E-state index contributed by atoms with van der Waals surface area (Å²) in [6.07, 6.45) is 0.279. The summed E-state index contributed by atoms with van der Waals surface area (Å²) >= 11 is 1.55. The molecule has 0 radical (unpaired) electrons. The molecule has 0 spiro atoms. The standard InChI is InChI=1S/C23H25N3O2S/c1-4-25-14-18(12-20(25)27)22(28)26(13-17-8-6-5-7-9-17)23-24-19-11-15(2)10-16(3)21(19)29-23/h5-11,18H,4,12-14H2,1-3H3. The highest BCUT2D eigenvalue weighted by atomic mass is 32.1. The van der Waals surface area contributed by atoms with Gasteiger partial charge in [-0.1, -0.05) is 47.7 Å². The van der Waals surface area contributed by atoms with Gasteiger partial charge in [-0.2, -0.15) is 0 Å². The molecule has 2 amide bonds. The number of aromatic nitrogens is 1. The minimum Gasteiger partial charge on any atom is -0.342 e. The number of nitrogens with zero attached hydrogens (tertiary/aromatic N) is 3. The first kappa shape index (κ1) is 19.6. The monoisotopic (exact) mass is 407 g/mol. The summed E-state index contributed by atoms with van der Waals surface area (Å²) < 4.78 is 1.11. The van der Waals surface area contributed by atoms with Gasteiger partial charge < -0.3 is 4.90 Å². The third-order valence-electron chi connectivity index (χ3n) is 5.43. The lowest BCUT2D eigenvalue weighted by atomic mass is 10.1. The van der Waals surface area contributed by atoms with E-state index in [2.05, 4.69) is 26.0 Å². The molecule has 1 unspecified atom stereocenters. The van der Waals surface area contributed by atoms with Crippen molar-refractivity contribution in [2.24, 2.45) is 5.92 Å². The lowest BCUT2D eigenvalue weighted by Gasteiger charge is -2.23. The van der Waals surface area contributed by atoms with E-state index >= 15 is 0 Å². The third kappa shape index (κ3) is 3.90. The zero-order valence-electron chi connectivity index (χ0n) is 17.0. The predicted octanol–water partition coefficient (Wildman–Crippen LogP) is 4.31. The Morgan fingerprint density at radius 3 is 2.69 bits per heavy atom. The van der Waals surface area contributed by atoms with Crippen molar-refractivity contribution >= 4 is 38.5 Å². The number of hydrogen-bond donors (Lipinski definition) is 0. The molecule has 1 aliphatic heterocycles. The van der Waals surface area contributed by atoms with Crippen LogP contribution in [0.5, 0.6) is 0 Å². The van der Waals surface area contributed by atoms with E-state index in [1.807, 2.05) is 37.3 Å². The van der Waals surface area contributed by atoms with Crippen LogP contribution in [0.4, 0.5) is 5.13 Å². The van der Waals surface area contributed by atoms with Crippen molar-refractivity contribution in [1.29, 1.82) is 0 Å². The Labute approximate surface area is 175 Å². The maximum absolute atomic E-state index is 13.5. The third-order valence-corrected chi connectivity index (χ3v) is 6.66. The summed E-state index contributed by atoms with van der Waals surface area (Å²) in [5.41, 5.74) is 4.30. The molecule has 2 heterocycles. The molecule has 0 N–H and O–H groups in total. The van der Waals surface area contributed by atoms with Crippen LogP contribution in [0.15, 0.2) is 42.5 Å². The molecule has 1 aliphatic rings. The van der Waals surface area contributed by atoms with E-state index in [1.54, 1.807) is 21.1 Å². The summed E-state index contributed by atoms with van der Waals surface area (Å²) in [4.78, 5) is 34.0. The number of hydrogen-bond acceptors (Lipinski definition) is 4. The number of benzene rings is 2.